The lowest BCUT2D eigenvalue weighted by atomic mass is 10.0. The van der Waals surface area contributed by atoms with Crippen LogP contribution in [-0.2, 0) is 4.74 Å². The van der Waals surface area contributed by atoms with Gasteiger partial charge in [-0.1, -0.05) is 6.07 Å². The first-order valence-electron chi connectivity index (χ1n) is 6.61. The van der Waals surface area contributed by atoms with Gasteiger partial charge >= 0.3 is 0 Å². The number of ether oxygens (including phenoxy) is 1. The van der Waals surface area contributed by atoms with Gasteiger partial charge < -0.3 is 14.7 Å². The highest BCUT2D eigenvalue weighted by Gasteiger charge is 2.24. The van der Waals surface area contributed by atoms with E-state index >= 15 is 0 Å². The maximum absolute atomic E-state index is 10.2. The summed E-state index contributed by atoms with van der Waals surface area (Å²) in [6, 6.07) is 6.48. The Hall–Kier alpha value is -1.06. The van der Waals surface area contributed by atoms with E-state index in [1.54, 1.807) is 0 Å². The summed E-state index contributed by atoms with van der Waals surface area (Å²) in [7, 11) is 2.03. The number of aliphatic hydroxyl groups is 1. The average Bonchev–Trinajstić information content (AvgIpc) is 2.80. The van der Waals surface area contributed by atoms with E-state index in [0.29, 0.717) is 19.1 Å². The molecule has 0 amide bonds. The molecule has 18 heavy (non-hydrogen) atoms. The summed E-state index contributed by atoms with van der Waals surface area (Å²) < 4.78 is 5.33. The molecule has 0 aromatic heterocycles. The molecular formula is C15H23NO2. The van der Waals surface area contributed by atoms with Crippen molar-refractivity contribution in [2.24, 2.45) is 5.92 Å². The van der Waals surface area contributed by atoms with Gasteiger partial charge in [-0.05, 0) is 43.5 Å². The number of rotatable bonds is 4. The van der Waals surface area contributed by atoms with Crippen LogP contribution in [0.3, 0.4) is 0 Å². The van der Waals surface area contributed by atoms with Crippen LogP contribution in [0.25, 0.3) is 0 Å². The first-order chi connectivity index (χ1) is 8.56. The molecule has 1 aromatic rings. The maximum Gasteiger partial charge on any atom is 0.0765 e. The highest BCUT2D eigenvalue weighted by Crippen LogP contribution is 2.21. The number of benzene rings is 1. The molecule has 100 valence electrons. The van der Waals surface area contributed by atoms with E-state index in [1.165, 1.54) is 16.8 Å². The van der Waals surface area contributed by atoms with E-state index in [0.717, 1.165) is 13.0 Å². The van der Waals surface area contributed by atoms with Crippen LogP contribution >= 0.6 is 0 Å². The zero-order chi connectivity index (χ0) is 13.1. The molecule has 0 aliphatic carbocycles. The van der Waals surface area contributed by atoms with Gasteiger partial charge in [0.2, 0.25) is 0 Å². The number of aryl methyl sites for hydroxylation is 2. The van der Waals surface area contributed by atoms with E-state index in [1.807, 2.05) is 7.05 Å². The van der Waals surface area contributed by atoms with Crippen LogP contribution in [0.5, 0.6) is 0 Å². The first kappa shape index (κ1) is 13.4. The highest BCUT2D eigenvalue weighted by molar-refractivity contribution is 5.50. The van der Waals surface area contributed by atoms with Gasteiger partial charge in [-0.2, -0.15) is 0 Å². The van der Waals surface area contributed by atoms with Gasteiger partial charge in [0.1, 0.15) is 0 Å². The second kappa shape index (κ2) is 5.72. The summed E-state index contributed by atoms with van der Waals surface area (Å²) in [5.74, 6) is 0.290. The van der Waals surface area contributed by atoms with Crippen LogP contribution < -0.4 is 4.90 Å². The Balaban J connectivity index is 1.99. The molecule has 1 fully saturated rings. The molecule has 1 heterocycles. The fourth-order valence-corrected chi connectivity index (χ4v) is 2.56. The monoisotopic (exact) mass is 249 g/mol. The van der Waals surface area contributed by atoms with Gasteiger partial charge in [-0.25, -0.2) is 0 Å². The quantitative estimate of drug-likeness (QED) is 0.887. The summed E-state index contributed by atoms with van der Waals surface area (Å²) in [5.41, 5.74) is 3.69. The topological polar surface area (TPSA) is 32.7 Å². The number of hydrogen-bond donors (Lipinski definition) is 1. The Morgan fingerprint density at radius 2 is 2.00 bits per heavy atom. The van der Waals surface area contributed by atoms with Crippen LogP contribution in [0.4, 0.5) is 5.69 Å². The second-order valence-corrected chi connectivity index (χ2v) is 5.42. The second-order valence-electron chi connectivity index (χ2n) is 5.42. The predicted octanol–water partition coefficient (Wildman–Crippen LogP) is 2.14. The highest BCUT2D eigenvalue weighted by atomic mass is 16.5. The SMILES string of the molecule is Cc1cc(C)cc(N(C)CC(O)C2CCOC2)c1. The van der Waals surface area contributed by atoms with Gasteiger partial charge in [0.25, 0.3) is 0 Å². The molecule has 1 saturated heterocycles. The fourth-order valence-electron chi connectivity index (χ4n) is 2.56. The Morgan fingerprint density at radius 1 is 1.33 bits per heavy atom. The van der Waals surface area contributed by atoms with Crippen molar-refractivity contribution in [3.05, 3.63) is 29.3 Å². The molecule has 1 N–H and O–H groups in total. The molecule has 2 unspecified atom stereocenters. The van der Waals surface area contributed by atoms with Crippen LogP contribution in [0, 0.1) is 19.8 Å². The van der Waals surface area contributed by atoms with Crippen molar-refractivity contribution in [3.63, 3.8) is 0 Å². The molecular weight excluding hydrogens is 226 g/mol. The van der Waals surface area contributed by atoms with Crippen LogP contribution in [0.15, 0.2) is 18.2 Å². The zero-order valence-corrected chi connectivity index (χ0v) is 11.5. The predicted molar refractivity (Wildman–Crippen MR) is 74.1 cm³/mol. The van der Waals surface area contributed by atoms with Crippen molar-refractivity contribution in [1.82, 2.24) is 0 Å². The lowest BCUT2D eigenvalue weighted by Gasteiger charge is -2.26. The maximum atomic E-state index is 10.2. The zero-order valence-electron chi connectivity index (χ0n) is 11.5. The number of hydrogen-bond acceptors (Lipinski definition) is 3. The van der Waals surface area contributed by atoms with E-state index in [4.69, 9.17) is 4.74 Å². The van der Waals surface area contributed by atoms with Gasteiger partial charge in [-0.15, -0.1) is 0 Å². The Bertz CT molecular complexity index is 379. The standard InChI is InChI=1S/C15H23NO2/c1-11-6-12(2)8-14(7-11)16(3)9-15(17)13-4-5-18-10-13/h6-8,13,15,17H,4-5,9-10H2,1-3H3. The van der Waals surface area contributed by atoms with Crippen molar-refractivity contribution >= 4 is 5.69 Å². The van der Waals surface area contributed by atoms with Gasteiger partial charge in [0.05, 0.1) is 12.7 Å². The van der Waals surface area contributed by atoms with Crippen molar-refractivity contribution in [1.29, 1.82) is 0 Å². The summed E-state index contributed by atoms with van der Waals surface area (Å²) >= 11 is 0. The lowest BCUT2D eigenvalue weighted by Crippen LogP contribution is -2.34. The van der Waals surface area contributed by atoms with E-state index < -0.39 is 0 Å². The smallest absolute Gasteiger partial charge is 0.0765 e. The molecule has 3 nitrogen and oxygen atoms in total. The number of aliphatic hydroxyl groups excluding tert-OH is 1. The third-order valence-electron chi connectivity index (χ3n) is 3.62. The number of nitrogens with zero attached hydrogens (tertiary/aromatic N) is 1. The minimum absolute atomic E-state index is 0.290. The molecule has 1 aliphatic heterocycles. The minimum atomic E-state index is -0.307. The van der Waals surface area contributed by atoms with E-state index in [9.17, 15) is 5.11 Å². The molecule has 3 heteroatoms. The normalized spacial score (nSPS) is 21.0. The van der Waals surface area contributed by atoms with E-state index in [-0.39, 0.29) is 6.10 Å². The molecule has 2 atom stereocenters. The third kappa shape index (κ3) is 3.24. The molecule has 0 spiro atoms. The van der Waals surface area contributed by atoms with Crippen LogP contribution in [-0.4, -0.2) is 38.0 Å². The van der Waals surface area contributed by atoms with Crippen molar-refractivity contribution in [2.45, 2.75) is 26.4 Å². The largest absolute Gasteiger partial charge is 0.391 e. The minimum Gasteiger partial charge on any atom is -0.391 e. The van der Waals surface area contributed by atoms with Crippen LogP contribution in [0.1, 0.15) is 17.5 Å². The average molecular weight is 249 g/mol. The Kier molecular flexibility index (Phi) is 4.25. The van der Waals surface area contributed by atoms with Crippen LogP contribution in [0.2, 0.25) is 0 Å². The van der Waals surface area contributed by atoms with Gasteiger partial charge in [0, 0.05) is 31.8 Å². The van der Waals surface area contributed by atoms with Crippen molar-refractivity contribution in [3.8, 4) is 0 Å². The third-order valence-corrected chi connectivity index (χ3v) is 3.62. The summed E-state index contributed by atoms with van der Waals surface area (Å²) in [6.07, 6.45) is 0.667. The number of anilines is 1. The number of likely N-dealkylation sites (N-methyl/N-ethyl adjacent to an activating group) is 1. The summed E-state index contributed by atoms with van der Waals surface area (Å²) in [5, 5.41) is 10.2. The van der Waals surface area contributed by atoms with Crippen molar-refractivity contribution < 1.29 is 9.84 Å². The van der Waals surface area contributed by atoms with E-state index in [2.05, 4.69) is 36.9 Å². The molecule has 0 bridgehead atoms. The molecule has 1 aromatic carbocycles. The summed E-state index contributed by atoms with van der Waals surface area (Å²) in [6.45, 7) is 6.35. The Morgan fingerprint density at radius 3 is 2.56 bits per heavy atom. The lowest BCUT2D eigenvalue weighted by molar-refractivity contribution is 0.0970. The molecule has 0 saturated carbocycles. The molecule has 2 rings (SSSR count). The van der Waals surface area contributed by atoms with Gasteiger partial charge in [-0.3, -0.25) is 0 Å². The fraction of sp³-hybridized carbons (Fsp3) is 0.600. The Labute approximate surface area is 109 Å². The molecule has 0 radical (unpaired) electrons. The van der Waals surface area contributed by atoms with Gasteiger partial charge in [0.15, 0.2) is 0 Å². The molecule has 1 aliphatic rings. The van der Waals surface area contributed by atoms with Crippen molar-refractivity contribution in [2.75, 3.05) is 31.7 Å². The summed E-state index contributed by atoms with van der Waals surface area (Å²) in [4.78, 5) is 2.13. The first-order valence-corrected chi connectivity index (χ1v) is 6.61.